The number of nitrogens with zero attached hydrogens (tertiary/aromatic N) is 1. The predicted octanol–water partition coefficient (Wildman–Crippen LogP) is 4.45. The van der Waals surface area contributed by atoms with Crippen LogP contribution in [0.3, 0.4) is 0 Å². The summed E-state index contributed by atoms with van der Waals surface area (Å²) in [5.74, 6) is -0.256. The van der Waals surface area contributed by atoms with Gasteiger partial charge < -0.3 is 15.0 Å². The van der Waals surface area contributed by atoms with Crippen LogP contribution in [-0.4, -0.2) is 42.5 Å². The van der Waals surface area contributed by atoms with Gasteiger partial charge >= 0.3 is 6.61 Å². The average molecular weight is 433 g/mol. The molecular weight excluding hydrogens is 404 g/mol. The Bertz CT molecular complexity index is 871. The first-order valence-electron chi connectivity index (χ1n) is 10.3. The van der Waals surface area contributed by atoms with E-state index in [4.69, 9.17) is 0 Å². The van der Waals surface area contributed by atoms with Gasteiger partial charge in [-0.3, -0.25) is 14.9 Å². The zero-order chi connectivity index (χ0) is 23.0. The van der Waals surface area contributed by atoms with Crippen molar-refractivity contribution < 1.29 is 23.1 Å². The Morgan fingerprint density at radius 2 is 1.68 bits per heavy atom. The van der Waals surface area contributed by atoms with E-state index in [-0.39, 0.29) is 23.6 Å². The molecule has 0 spiro atoms. The van der Waals surface area contributed by atoms with Gasteiger partial charge in [0.1, 0.15) is 5.75 Å². The highest BCUT2D eigenvalue weighted by Gasteiger charge is 2.18. The molecule has 0 bridgehead atoms. The summed E-state index contributed by atoms with van der Waals surface area (Å²) >= 11 is 0. The predicted molar refractivity (Wildman–Crippen MR) is 116 cm³/mol. The van der Waals surface area contributed by atoms with Crippen LogP contribution in [0.1, 0.15) is 49.7 Å². The number of rotatable bonds is 10. The fourth-order valence-electron chi connectivity index (χ4n) is 3.16. The normalized spacial score (nSPS) is 12.9. The Hall–Kier alpha value is -3.00. The number of alkyl halides is 2. The molecule has 0 aliphatic heterocycles. The van der Waals surface area contributed by atoms with Crippen LogP contribution >= 0.6 is 0 Å². The molecule has 2 atom stereocenters. The molecule has 2 amide bonds. The minimum Gasteiger partial charge on any atom is -0.435 e. The Balaban J connectivity index is 1.97. The first-order valence-corrected chi connectivity index (χ1v) is 10.3. The lowest BCUT2D eigenvalue weighted by atomic mass is 10.1. The van der Waals surface area contributed by atoms with Crippen molar-refractivity contribution in [3.05, 3.63) is 59.7 Å². The van der Waals surface area contributed by atoms with E-state index in [1.807, 2.05) is 20.8 Å². The molecule has 0 radical (unpaired) electrons. The smallest absolute Gasteiger partial charge is 0.387 e. The van der Waals surface area contributed by atoms with Gasteiger partial charge in [0.05, 0.1) is 6.04 Å². The summed E-state index contributed by atoms with van der Waals surface area (Å²) in [6.07, 6.45) is 0. The van der Waals surface area contributed by atoms with Crippen molar-refractivity contribution in [2.75, 3.05) is 18.4 Å². The molecule has 0 saturated carbocycles. The number of nitrogens with one attached hydrogen (secondary N) is 2. The van der Waals surface area contributed by atoms with Crippen LogP contribution in [0.2, 0.25) is 0 Å². The van der Waals surface area contributed by atoms with Crippen LogP contribution in [0, 0.1) is 0 Å². The zero-order valence-electron chi connectivity index (χ0n) is 18.2. The van der Waals surface area contributed by atoms with E-state index in [1.54, 1.807) is 48.2 Å². The summed E-state index contributed by atoms with van der Waals surface area (Å²) in [5, 5.41) is 6.00. The van der Waals surface area contributed by atoms with Crippen molar-refractivity contribution in [3.63, 3.8) is 0 Å². The average Bonchev–Trinajstić information content (AvgIpc) is 2.74. The third kappa shape index (κ3) is 7.03. The highest BCUT2D eigenvalue weighted by atomic mass is 19.3. The molecule has 6 nitrogen and oxygen atoms in total. The summed E-state index contributed by atoms with van der Waals surface area (Å²) < 4.78 is 28.9. The molecule has 2 unspecified atom stereocenters. The third-order valence-corrected chi connectivity index (χ3v) is 4.93. The van der Waals surface area contributed by atoms with Crippen LogP contribution in [0.15, 0.2) is 48.5 Å². The van der Waals surface area contributed by atoms with Gasteiger partial charge in [-0.2, -0.15) is 8.78 Å². The van der Waals surface area contributed by atoms with Gasteiger partial charge in [0.2, 0.25) is 5.91 Å². The van der Waals surface area contributed by atoms with Crippen LogP contribution in [0.25, 0.3) is 0 Å². The minimum atomic E-state index is -2.87. The second kappa shape index (κ2) is 11.4. The van der Waals surface area contributed by atoms with Crippen molar-refractivity contribution in [2.45, 2.75) is 46.4 Å². The maximum absolute atomic E-state index is 12.6. The second-order valence-electron chi connectivity index (χ2n) is 7.11. The molecule has 0 fully saturated rings. The van der Waals surface area contributed by atoms with E-state index < -0.39 is 12.7 Å². The molecule has 31 heavy (non-hydrogen) atoms. The molecule has 8 heteroatoms. The molecule has 2 aromatic carbocycles. The molecule has 0 saturated heterocycles. The number of benzene rings is 2. The third-order valence-electron chi connectivity index (χ3n) is 4.93. The Labute approximate surface area is 181 Å². The molecule has 2 rings (SSSR count). The van der Waals surface area contributed by atoms with Crippen molar-refractivity contribution in [2.24, 2.45) is 0 Å². The van der Waals surface area contributed by atoms with Gasteiger partial charge in [-0.15, -0.1) is 0 Å². The second-order valence-corrected chi connectivity index (χ2v) is 7.11. The zero-order valence-corrected chi connectivity index (χ0v) is 18.2. The van der Waals surface area contributed by atoms with Gasteiger partial charge in [-0.1, -0.05) is 18.2 Å². The number of amides is 2. The largest absolute Gasteiger partial charge is 0.435 e. The Morgan fingerprint density at radius 1 is 1.03 bits per heavy atom. The van der Waals surface area contributed by atoms with E-state index in [9.17, 15) is 18.4 Å². The molecule has 2 N–H and O–H groups in total. The van der Waals surface area contributed by atoms with Crippen LogP contribution < -0.4 is 15.4 Å². The highest BCUT2D eigenvalue weighted by molar-refractivity contribution is 5.98. The maximum Gasteiger partial charge on any atom is 0.387 e. The van der Waals surface area contributed by atoms with E-state index >= 15 is 0 Å². The van der Waals surface area contributed by atoms with Gasteiger partial charge in [0, 0.05) is 30.4 Å². The molecule has 0 aliphatic carbocycles. The molecule has 0 aromatic heterocycles. The monoisotopic (exact) mass is 433 g/mol. The summed E-state index contributed by atoms with van der Waals surface area (Å²) in [5.41, 5.74) is 1.88. The van der Waals surface area contributed by atoms with Crippen molar-refractivity contribution in [1.29, 1.82) is 0 Å². The van der Waals surface area contributed by atoms with Gasteiger partial charge in [0.25, 0.3) is 5.91 Å². The topological polar surface area (TPSA) is 70.7 Å². The van der Waals surface area contributed by atoms with E-state index in [0.717, 1.165) is 5.56 Å². The van der Waals surface area contributed by atoms with E-state index in [0.29, 0.717) is 24.3 Å². The lowest BCUT2D eigenvalue weighted by Gasteiger charge is -2.21. The fourth-order valence-corrected chi connectivity index (χ4v) is 3.16. The quantitative estimate of drug-likeness (QED) is 0.581. The van der Waals surface area contributed by atoms with Crippen LogP contribution in [-0.2, 0) is 4.79 Å². The summed E-state index contributed by atoms with van der Waals surface area (Å²) in [4.78, 5) is 26.8. The van der Waals surface area contributed by atoms with Gasteiger partial charge in [0.15, 0.2) is 0 Å². The van der Waals surface area contributed by atoms with Crippen LogP contribution in [0.5, 0.6) is 5.75 Å². The van der Waals surface area contributed by atoms with Gasteiger partial charge in [-0.05, 0) is 63.6 Å². The SMILES string of the molecule is CCN(CC)C(=O)c1cccc(NC(=O)C(C)NC(C)c2ccc(OC(F)F)cc2)c1. The number of halogens is 2. The number of ether oxygens (including phenoxy) is 1. The Kier molecular flexibility index (Phi) is 8.93. The Morgan fingerprint density at radius 3 is 2.26 bits per heavy atom. The van der Waals surface area contributed by atoms with E-state index in [2.05, 4.69) is 15.4 Å². The van der Waals surface area contributed by atoms with Gasteiger partial charge in [-0.25, -0.2) is 0 Å². The maximum atomic E-state index is 12.6. The number of hydrogen-bond acceptors (Lipinski definition) is 4. The number of hydrogen-bond donors (Lipinski definition) is 2. The fraction of sp³-hybridized carbons (Fsp3) is 0.391. The molecular formula is C23H29F2N3O3. The van der Waals surface area contributed by atoms with Crippen LogP contribution in [0.4, 0.5) is 14.5 Å². The van der Waals surface area contributed by atoms with Crippen molar-refractivity contribution >= 4 is 17.5 Å². The minimum absolute atomic E-state index is 0.0795. The van der Waals surface area contributed by atoms with Crippen molar-refractivity contribution in [3.8, 4) is 5.75 Å². The lowest BCUT2D eigenvalue weighted by Crippen LogP contribution is -2.39. The first-order chi connectivity index (χ1) is 14.7. The molecule has 2 aromatic rings. The number of carbonyl (C=O) groups excluding carboxylic acids is 2. The first kappa shape index (κ1) is 24.3. The highest BCUT2D eigenvalue weighted by Crippen LogP contribution is 2.20. The molecule has 0 heterocycles. The summed E-state index contributed by atoms with van der Waals surface area (Å²) in [7, 11) is 0. The summed E-state index contributed by atoms with van der Waals surface area (Å²) in [6.45, 7) is 5.79. The summed E-state index contributed by atoms with van der Waals surface area (Å²) in [6, 6.07) is 12.4. The number of anilines is 1. The van der Waals surface area contributed by atoms with E-state index in [1.165, 1.54) is 12.1 Å². The lowest BCUT2D eigenvalue weighted by molar-refractivity contribution is -0.118. The molecule has 168 valence electrons. The number of carbonyl (C=O) groups is 2. The molecule has 0 aliphatic rings. The standard InChI is InChI=1S/C23H29F2N3O3/c1-5-28(6-2)22(30)18-8-7-9-19(14-18)27-21(29)16(4)26-15(3)17-10-12-20(13-11-17)31-23(24)25/h7-16,23,26H,5-6H2,1-4H3,(H,27,29). The van der Waals surface area contributed by atoms with Crippen molar-refractivity contribution in [1.82, 2.24) is 10.2 Å².